The molecule has 1 amide bonds. The van der Waals surface area contributed by atoms with Gasteiger partial charge in [0.05, 0.1) is 4.90 Å². The van der Waals surface area contributed by atoms with Crippen LogP contribution in [0.1, 0.15) is 37.0 Å². The van der Waals surface area contributed by atoms with E-state index in [1.54, 1.807) is 24.1 Å². The molecule has 0 bridgehead atoms. The number of benzene rings is 1. The van der Waals surface area contributed by atoms with E-state index in [0.29, 0.717) is 24.7 Å². The van der Waals surface area contributed by atoms with Crippen molar-refractivity contribution in [2.24, 2.45) is 0 Å². The first kappa shape index (κ1) is 18.9. The van der Waals surface area contributed by atoms with Crippen LogP contribution in [0.15, 0.2) is 29.2 Å². The summed E-state index contributed by atoms with van der Waals surface area (Å²) < 4.78 is 26.5. The zero-order valence-corrected chi connectivity index (χ0v) is 15.6. The first-order chi connectivity index (χ1) is 11.3. The second-order valence-corrected chi connectivity index (χ2v) is 8.52. The Balaban J connectivity index is 2.25. The quantitative estimate of drug-likeness (QED) is 0.872. The molecule has 0 aromatic heterocycles. The Labute approximate surface area is 144 Å². The van der Waals surface area contributed by atoms with Gasteiger partial charge in [-0.05, 0) is 51.9 Å². The number of amides is 1. The highest BCUT2D eigenvalue weighted by Crippen LogP contribution is 2.20. The van der Waals surface area contributed by atoms with Gasteiger partial charge in [-0.15, -0.1) is 0 Å². The normalized spacial score (nSPS) is 19.1. The predicted octanol–water partition coefficient (Wildman–Crippen LogP) is 1.54. The topological polar surface area (TPSA) is 69.7 Å². The van der Waals surface area contributed by atoms with Gasteiger partial charge in [-0.25, -0.2) is 8.42 Å². The second-order valence-electron chi connectivity index (χ2n) is 6.52. The number of nitrogens with one attached hydrogen (secondary N) is 1. The number of carbonyl (C=O) groups excluding carboxylic acids is 1. The molecule has 2 rings (SSSR count). The van der Waals surface area contributed by atoms with Crippen molar-refractivity contribution in [2.45, 2.75) is 43.7 Å². The molecule has 1 aromatic carbocycles. The average molecular weight is 353 g/mol. The number of likely N-dealkylation sites (tertiary alicyclic amines) is 1. The SMILES string of the molecule is CNC1CCCN(C(=O)c2cccc(S(=O)(=O)N(C)C(C)C)c2)C1. The van der Waals surface area contributed by atoms with Crippen LogP contribution in [0.2, 0.25) is 0 Å². The van der Waals surface area contributed by atoms with Gasteiger partial charge in [-0.2, -0.15) is 4.31 Å². The van der Waals surface area contributed by atoms with Crippen LogP contribution in [0.5, 0.6) is 0 Å². The third-order valence-corrected chi connectivity index (χ3v) is 6.63. The van der Waals surface area contributed by atoms with E-state index in [1.165, 1.54) is 16.4 Å². The molecule has 7 heteroatoms. The van der Waals surface area contributed by atoms with E-state index in [0.717, 1.165) is 12.8 Å². The Bertz CT molecular complexity index is 688. The summed E-state index contributed by atoms with van der Waals surface area (Å²) in [5.74, 6) is -0.112. The summed E-state index contributed by atoms with van der Waals surface area (Å²) in [6.07, 6.45) is 2.00. The molecule has 6 nitrogen and oxygen atoms in total. The third-order valence-electron chi connectivity index (χ3n) is 4.60. The van der Waals surface area contributed by atoms with E-state index in [9.17, 15) is 13.2 Å². The summed E-state index contributed by atoms with van der Waals surface area (Å²) in [7, 11) is -0.142. The van der Waals surface area contributed by atoms with Crippen LogP contribution in [-0.4, -0.2) is 62.8 Å². The monoisotopic (exact) mass is 353 g/mol. The molecule has 1 aromatic rings. The molecule has 0 spiro atoms. The minimum Gasteiger partial charge on any atom is -0.337 e. The molecule has 134 valence electrons. The van der Waals surface area contributed by atoms with Crippen molar-refractivity contribution in [2.75, 3.05) is 27.2 Å². The predicted molar refractivity (Wildman–Crippen MR) is 94.5 cm³/mol. The Morgan fingerprint density at radius 2 is 2.08 bits per heavy atom. The zero-order valence-electron chi connectivity index (χ0n) is 14.8. The van der Waals surface area contributed by atoms with Crippen LogP contribution in [0.4, 0.5) is 0 Å². The molecule has 1 N–H and O–H groups in total. The summed E-state index contributed by atoms with van der Waals surface area (Å²) >= 11 is 0. The summed E-state index contributed by atoms with van der Waals surface area (Å²) in [5.41, 5.74) is 0.421. The van der Waals surface area contributed by atoms with Crippen LogP contribution in [0.3, 0.4) is 0 Å². The summed E-state index contributed by atoms with van der Waals surface area (Å²) in [6.45, 7) is 4.99. The molecule has 0 aliphatic carbocycles. The van der Waals surface area contributed by atoms with Crippen LogP contribution in [0, 0.1) is 0 Å². The molecule has 1 saturated heterocycles. The standard InChI is InChI=1S/C17H27N3O3S/c1-13(2)19(4)24(22,23)16-9-5-7-14(11-16)17(21)20-10-6-8-15(12-20)18-3/h5,7,9,11,13,15,18H,6,8,10,12H2,1-4H3. The number of nitrogens with zero attached hydrogens (tertiary/aromatic N) is 2. The number of likely N-dealkylation sites (N-methyl/N-ethyl adjacent to an activating group) is 1. The maximum absolute atomic E-state index is 12.7. The molecule has 1 aliphatic heterocycles. The Kier molecular flexibility index (Phi) is 6.01. The average Bonchev–Trinajstić information content (AvgIpc) is 2.60. The second kappa shape index (κ2) is 7.63. The van der Waals surface area contributed by atoms with Gasteiger partial charge in [0, 0.05) is 37.8 Å². The molecule has 1 aliphatic rings. The maximum atomic E-state index is 12.7. The molecular formula is C17H27N3O3S. The number of carbonyl (C=O) groups is 1. The van der Waals surface area contributed by atoms with Crippen LogP contribution < -0.4 is 5.32 Å². The number of hydrogen-bond donors (Lipinski definition) is 1. The smallest absolute Gasteiger partial charge is 0.253 e. The van der Waals surface area contributed by atoms with Crippen molar-refractivity contribution < 1.29 is 13.2 Å². The lowest BCUT2D eigenvalue weighted by Gasteiger charge is -2.32. The lowest BCUT2D eigenvalue weighted by molar-refractivity contribution is 0.0698. The van der Waals surface area contributed by atoms with Crippen molar-refractivity contribution in [3.63, 3.8) is 0 Å². The fourth-order valence-corrected chi connectivity index (χ4v) is 4.23. The highest BCUT2D eigenvalue weighted by atomic mass is 32.2. The van der Waals surface area contributed by atoms with Gasteiger partial charge in [0.25, 0.3) is 5.91 Å². The number of rotatable bonds is 5. The number of hydrogen-bond acceptors (Lipinski definition) is 4. The Hall–Kier alpha value is -1.44. The molecular weight excluding hydrogens is 326 g/mol. The van der Waals surface area contributed by atoms with Crippen LogP contribution in [-0.2, 0) is 10.0 Å². The van der Waals surface area contributed by atoms with Crippen LogP contribution in [0.25, 0.3) is 0 Å². The van der Waals surface area contributed by atoms with Crippen molar-refractivity contribution in [1.82, 2.24) is 14.5 Å². The third kappa shape index (κ3) is 3.96. The van der Waals surface area contributed by atoms with Gasteiger partial charge in [0.2, 0.25) is 10.0 Å². The lowest BCUT2D eigenvalue weighted by Crippen LogP contribution is -2.47. The van der Waals surface area contributed by atoms with Gasteiger partial charge in [0.15, 0.2) is 0 Å². The Morgan fingerprint density at radius 1 is 1.38 bits per heavy atom. The molecule has 24 heavy (non-hydrogen) atoms. The van der Waals surface area contributed by atoms with Gasteiger partial charge < -0.3 is 10.2 Å². The van der Waals surface area contributed by atoms with Gasteiger partial charge >= 0.3 is 0 Å². The van der Waals surface area contributed by atoms with Gasteiger partial charge in [-0.1, -0.05) is 6.07 Å². The fourth-order valence-electron chi connectivity index (χ4n) is 2.81. The van der Waals surface area contributed by atoms with E-state index < -0.39 is 10.0 Å². The molecule has 1 fully saturated rings. The Morgan fingerprint density at radius 3 is 2.71 bits per heavy atom. The van der Waals surface area contributed by atoms with Crippen molar-refractivity contribution >= 4 is 15.9 Å². The summed E-state index contributed by atoms with van der Waals surface area (Å²) in [5, 5.41) is 3.21. The fraction of sp³-hybridized carbons (Fsp3) is 0.588. The van der Waals surface area contributed by atoms with E-state index in [2.05, 4.69) is 5.32 Å². The maximum Gasteiger partial charge on any atom is 0.253 e. The van der Waals surface area contributed by atoms with E-state index in [4.69, 9.17) is 0 Å². The minimum absolute atomic E-state index is 0.112. The van der Waals surface area contributed by atoms with E-state index >= 15 is 0 Å². The number of sulfonamides is 1. The van der Waals surface area contributed by atoms with Crippen molar-refractivity contribution in [3.05, 3.63) is 29.8 Å². The number of piperidine rings is 1. The first-order valence-electron chi connectivity index (χ1n) is 8.32. The molecule has 0 saturated carbocycles. The van der Waals surface area contributed by atoms with Crippen molar-refractivity contribution in [1.29, 1.82) is 0 Å². The molecule has 1 unspecified atom stereocenters. The van der Waals surface area contributed by atoms with Gasteiger partial charge in [0.1, 0.15) is 0 Å². The molecule has 1 atom stereocenters. The van der Waals surface area contributed by atoms with Gasteiger partial charge in [-0.3, -0.25) is 4.79 Å². The minimum atomic E-state index is -3.59. The highest BCUT2D eigenvalue weighted by molar-refractivity contribution is 7.89. The summed E-state index contributed by atoms with van der Waals surface area (Å²) in [4.78, 5) is 14.7. The van der Waals surface area contributed by atoms with E-state index in [1.807, 2.05) is 20.9 Å². The highest BCUT2D eigenvalue weighted by Gasteiger charge is 2.26. The first-order valence-corrected chi connectivity index (χ1v) is 9.76. The lowest BCUT2D eigenvalue weighted by atomic mass is 10.0. The molecule has 0 radical (unpaired) electrons. The molecule has 1 heterocycles. The zero-order chi connectivity index (χ0) is 17.9. The summed E-state index contributed by atoms with van der Waals surface area (Å²) in [6, 6.07) is 6.49. The van der Waals surface area contributed by atoms with Crippen molar-refractivity contribution in [3.8, 4) is 0 Å². The largest absolute Gasteiger partial charge is 0.337 e. The van der Waals surface area contributed by atoms with Crippen LogP contribution >= 0.6 is 0 Å². The van der Waals surface area contributed by atoms with E-state index in [-0.39, 0.29) is 16.8 Å².